The Bertz CT molecular complexity index is 1950. The van der Waals surface area contributed by atoms with Crippen molar-refractivity contribution in [3.05, 3.63) is 101 Å². The van der Waals surface area contributed by atoms with Crippen LogP contribution in [0.3, 0.4) is 0 Å². The molecular formula is C47H62N4O8. The van der Waals surface area contributed by atoms with E-state index < -0.39 is 34.2 Å². The van der Waals surface area contributed by atoms with E-state index >= 15 is 0 Å². The van der Waals surface area contributed by atoms with Crippen molar-refractivity contribution >= 4 is 23.8 Å². The van der Waals surface area contributed by atoms with E-state index in [1.807, 2.05) is 93.6 Å². The number of rotatable bonds is 20. The van der Waals surface area contributed by atoms with E-state index in [9.17, 15) is 34.5 Å². The molecule has 3 aliphatic heterocycles. The first kappa shape index (κ1) is 43.8. The van der Waals surface area contributed by atoms with Crippen molar-refractivity contribution in [3.63, 3.8) is 0 Å². The predicted octanol–water partition coefficient (Wildman–Crippen LogP) is 5.07. The van der Waals surface area contributed by atoms with Crippen LogP contribution in [0, 0.1) is 34.0 Å². The molecular weight excluding hydrogens is 749 g/mol. The average molecular weight is 811 g/mol. The highest BCUT2D eigenvalue weighted by Gasteiger charge is 2.45. The van der Waals surface area contributed by atoms with Gasteiger partial charge in [-0.15, -0.1) is 0 Å². The van der Waals surface area contributed by atoms with Gasteiger partial charge in [-0.3, -0.25) is 19.2 Å². The minimum atomic E-state index is -0.942. The van der Waals surface area contributed by atoms with Crippen LogP contribution in [-0.4, -0.2) is 96.5 Å². The van der Waals surface area contributed by atoms with Crippen LogP contribution >= 0.6 is 0 Å². The summed E-state index contributed by atoms with van der Waals surface area (Å²) < 4.78 is 6.25. The lowest BCUT2D eigenvalue weighted by atomic mass is 9.72. The summed E-state index contributed by atoms with van der Waals surface area (Å²) in [5, 5.41) is 40.7. The van der Waals surface area contributed by atoms with E-state index in [1.165, 1.54) is 0 Å². The Hall–Kier alpha value is -4.78. The van der Waals surface area contributed by atoms with Gasteiger partial charge in [-0.2, -0.15) is 0 Å². The number of nitrogens with one attached hydrogen (secondary N) is 3. The molecule has 0 bridgehead atoms. The summed E-state index contributed by atoms with van der Waals surface area (Å²) in [6.07, 6.45) is 3.62. The zero-order chi connectivity index (χ0) is 42.2. The number of ether oxygens (including phenoxy) is 1. The van der Waals surface area contributed by atoms with Crippen LogP contribution in [-0.2, 0) is 51.4 Å². The van der Waals surface area contributed by atoms with E-state index in [1.54, 1.807) is 4.90 Å². The van der Waals surface area contributed by atoms with E-state index in [2.05, 4.69) is 16.0 Å². The van der Waals surface area contributed by atoms with Crippen LogP contribution in [0.4, 0.5) is 0 Å². The first-order chi connectivity index (χ1) is 28.2. The average Bonchev–Trinajstić information content (AvgIpc) is 4.03. The first-order valence-electron chi connectivity index (χ1n) is 21.2. The highest BCUT2D eigenvalue weighted by molar-refractivity contribution is 5.79. The Labute approximate surface area is 348 Å². The lowest BCUT2D eigenvalue weighted by Gasteiger charge is -2.31. The van der Waals surface area contributed by atoms with E-state index in [4.69, 9.17) is 4.74 Å². The number of carbonyl (C=O) groups excluding carboxylic acids is 1. The molecule has 12 heteroatoms. The van der Waals surface area contributed by atoms with Crippen molar-refractivity contribution in [1.82, 2.24) is 20.9 Å². The van der Waals surface area contributed by atoms with Crippen molar-refractivity contribution in [2.45, 2.75) is 72.3 Å². The SMILES string of the molecule is C[C@@](Cc1cccc(CC(=O)N(CCOc2cccc(C[C@](C)(C(=O)O)[C@H]3CCNC3)c2)Cc2cccc(C[C@](C)(C(=O)O)[C@H]3CCNC3)c2)c1)(C(=O)O)[C@H]1CCNC1. The summed E-state index contributed by atoms with van der Waals surface area (Å²) in [5.74, 6) is -1.95. The number of aliphatic carboxylic acids is 3. The number of hydrogen-bond acceptors (Lipinski definition) is 8. The van der Waals surface area contributed by atoms with Gasteiger partial charge >= 0.3 is 17.9 Å². The maximum absolute atomic E-state index is 14.3. The lowest BCUT2D eigenvalue weighted by molar-refractivity contribution is -0.151. The number of amides is 1. The summed E-state index contributed by atoms with van der Waals surface area (Å²) in [4.78, 5) is 53.7. The molecule has 3 aromatic rings. The topological polar surface area (TPSA) is 178 Å². The maximum Gasteiger partial charge on any atom is 0.310 e. The van der Waals surface area contributed by atoms with Gasteiger partial charge < -0.3 is 40.9 Å². The van der Waals surface area contributed by atoms with Crippen LogP contribution in [0.5, 0.6) is 5.75 Å². The number of nitrogens with zero attached hydrogens (tertiary/aromatic N) is 1. The first-order valence-corrected chi connectivity index (χ1v) is 21.2. The quantitative estimate of drug-likeness (QED) is 0.0899. The Morgan fingerprint density at radius 1 is 0.610 bits per heavy atom. The number of carboxylic acid groups (broad SMARTS) is 3. The summed E-state index contributed by atoms with van der Waals surface area (Å²) in [7, 11) is 0. The van der Waals surface area contributed by atoms with Crippen LogP contribution in [0.25, 0.3) is 0 Å². The molecule has 59 heavy (non-hydrogen) atoms. The minimum absolute atomic E-state index is 0.00622. The second-order valence-electron chi connectivity index (χ2n) is 17.9. The lowest BCUT2D eigenvalue weighted by Crippen LogP contribution is -2.39. The van der Waals surface area contributed by atoms with Crippen molar-refractivity contribution < 1.29 is 39.2 Å². The Morgan fingerprint density at radius 3 is 1.46 bits per heavy atom. The van der Waals surface area contributed by atoms with Gasteiger partial charge in [0, 0.05) is 6.54 Å². The number of hydrogen-bond donors (Lipinski definition) is 6. The monoisotopic (exact) mass is 810 g/mol. The molecule has 6 N–H and O–H groups in total. The predicted molar refractivity (Wildman–Crippen MR) is 225 cm³/mol. The molecule has 3 aromatic carbocycles. The van der Waals surface area contributed by atoms with E-state index in [0.29, 0.717) is 44.6 Å². The van der Waals surface area contributed by atoms with Gasteiger partial charge in [-0.05, 0) is 156 Å². The van der Waals surface area contributed by atoms with E-state index in [-0.39, 0.29) is 49.8 Å². The summed E-state index contributed by atoms with van der Waals surface area (Å²) in [5.41, 5.74) is 1.50. The second kappa shape index (κ2) is 19.1. The third-order valence-electron chi connectivity index (χ3n) is 13.7. The fourth-order valence-electron chi connectivity index (χ4n) is 9.56. The fourth-order valence-corrected chi connectivity index (χ4v) is 9.56. The molecule has 0 spiro atoms. The minimum Gasteiger partial charge on any atom is -0.492 e. The number of carboxylic acids is 3. The van der Waals surface area contributed by atoms with Gasteiger partial charge in [0.15, 0.2) is 0 Å². The molecule has 3 fully saturated rings. The third-order valence-corrected chi connectivity index (χ3v) is 13.7. The van der Waals surface area contributed by atoms with Gasteiger partial charge in [0.2, 0.25) is 5.91 Å². The summed E-state index contributed by atoms with van der Waals surface area (Å²) in [6.45, 7) is 10.6. The molecule has 6 atom stereocenters. The van der Waals surface area contributed by atoms with Crippen molar-refractivity contribution in [1.29, 1.82) is 0 Å². The van der Waals surface area contributed by atoms with Crippen LogP contribution in [0.2, 0.25) is 0 Å². The van der Waals surface area contributed by atoms with Crippen molar-refractivity contribution in [2.75, 3.05) is 52.4 Å². The molecule has 0 unspecified atom stereocenters. The van der Waals surface area contributed by atoms with Crippen molar-refractivity contribution in [2.24, 2.45) is 34.0 Å². The molecule has 318 valence electrons. The Balaban J connectivity index is 1.19. The third kappa shape index (κ3) is 10.5. The molecule has 3 aliphatic rings. The largest absolute Gasteiger partial charge is 0.492 e. The Morgan fingerprint density at radius 2 is 1.02 bits per heavy atom. The number of carbonyl (C=O) groups is 4. The summed E-state index contributed by atoms with van der Waals surface area (Å²) in [6, 6.07) is 23.0. The molecule has 3 heterocycles. The van der Waals surface area contributed by atoms with Crippen LogP contribution < -0.4 is 20.7 Å². The molecule has 1 amide bonds. The van der Waals surface area contributed by atoms with Gasteiger partial charge in [0.25, 0.3) is 0 Å². The maximum atomic E-state index is 14.3. The zero-order valence-corrected chi connectivity index (χ0v) is 34.8. The zero-order valence-electron chi connectivity index (χ0n) is 34.8. The highest BCUT2D eigenvalue weighted by Crippen LogP contribution is 2.38. The van der Waals surface area contributed by atoms with Gasteiger partial charge in [-0.1, -0.05) is 60.7 Å². The molecule has 6 rings (SSSR count). The second-order valence-corrected chi connectivity index (χ2v) is 17.9. The van der Waals surface area contributed by atoms with Crippen molar-refractivity contribution in [3.8, 4) is 5.75 Å². The molecule has 0 saturated carbocycles. The Kier molecular flexibility index (Phi) is 14.2. The van der Waals surface area contributed by atoms with E-state index in [0.717, 1.165) is 66.7 Å². The molecule has 3 saturated heterocycles. The molecule has 12 nitrogen and oxygen atoms in total. The standard InChI is InChI=1S/C47H62N4O8/c1-45(42(53)54,37-13-16-48-28-37)25-33-8-4-7-32(21-33)24-41(52)51(31-36-11-5-9-34(22-36)26-46(2,43(55)56)38-14-17-49-29-38)19-20-59-40-12-6-10-35(23-40)27-47(3,44(57)58)39-15-18-50-30-39/h4-12,21-23,37-39,48-50H,13-20,24-31H2,1-3H3,(H,53,54)(H,55,56)(H,57,58)/t37-,38-,39-,45-,46-,47-/m0/s1. The van der Waals surface area contributed by atoms with Gasteiger partial charge in [-0.25, -0.2) is 0 Å². The smallest absolute Gasteiger partial charge is 0.310 e. The van der Waals surface area contributed by atoms with Crippen LogP contribution in [0.15, 0.2) is 72.8 Å². The summed E-state index contributed by atoms with van der Waals surface area (Å²) >= 11 is 0. The normalized spacial score (nSPS) is 22.2. The molecule has 0 aromatic heterocycles. The van der Waals surface area contributed by atoms with Crippen LogP contribution in [0.1, 0.15) is 67.9 Å². The van der Waals surface area contributed by atoms with Gasteiger partial charge in [0.1, 0.15) is 12.4 Å². The number of benzene rings is 3. The highest BCUT2D eigenvalue weighted by atomic mass is 16.5. The molecule has 0 radical (unpaired) electrons. The van der Waals surface area contributed by atoms with Gasteiger partial charge in [0.05, 0.1) is 29.2 Å². The molecule has 0 aliphatic carbocycles. The fraction of sp³-hybridized carbons (Fsp3) is 0.532.